The molecule has 1 fully saturated rings. The average Bonchev–Trinajstić information content (AvgIpc) is 2.67. The zero-order chi connectivity index (χ0) is 17.1. The smallest absolute Gasteiger partial charge is 0.143 e. The van der Waals surface area contributed by atoms with Gasteiger partial charge in [0.1, 0.15) is 12.4 Å². The molecule has 3 heteroatoms. The van der Waals surface area contributed by atoms with Gasteiger partial charge in [0.25, 0.3) is 0 Å². The van der Waals surface area contributed by atoms with Crippen LogP contribution >= 0.6 is 0 Å². The van der Waals surface area contributed by atoms with Gasteiger partial charge in [-0.05, 0) is 29.9 Å². The Labute approximate surface area is 149 Å². The van der Waals surface area contributed by atoms with E-state index >= 15 is 0 Å². The molecule has 3 aromatic rings. The van der Waals surface area contributed by atoms with Crippen molar-refractivity contribution >= 4 is 16.5 Å². The van der Waals surface area contributed by atoms with Gasteiger partial charge in [-0.15, -0.1) is 0 Å². The van der Waals surface area contributed by atoms with Crippen molar-refractivity contribution in [3.63, 3.8) is 0 Å². The Morgan fingerprint density at radius 2 is 1.60 bits per heavy atom. The lowest BCUT2D eigenvalue weighted by molar-refractivity contribution is 0.306. The molecule has 0 amide bonds. The van der Waals surface area contributed by atoms with Crippen LogP contribution in [-0.4, -0.2) is 19.1 Å². The molecule has 1 aliphatic rings. The molecular formula is C22H24N2O. The van der Waals surface area contributed by atoms with Crippen molar-refractivity contribution in [2.75, 3.05) is 18.0 Å². The van der Waals surface area contributed by atoms with Crippen LogP contribution in [0, 0.1) is 0 Å². The second-order valence-corrected chi connectivity index (χ2v) is 6.73. The first kappa shape index (κ1) is 16.0. The first-order valence-electron chi connectivity index (χ1n) is 9.00. The minimum absolute atomic E-state index is 0.319. The van der Waals surface area contributed by atoms with Crippen molar-refractivity contribution in [1.29, 1.82) is 0 Å². The van der Waals surface area contributed by atoms with Crippen molar-refractivity contribution in [1.82, 2.24) is 0 Å². The number of hydrogen-bond acceptors (Lipinski definition) is 3. The van der Waals surface area contributed by atoms with Crippen LogP contribution in [0.2, 0.25) is 0 Å². The molecule has 0 aliphatic carbocycles. The maximum Gasteiger partial charge on any atom is 0.143 e. The van der Waals surface area contributed by atoms with E-state index in [2.05, 4.69) is 53.4 Å². The molecule has 1 saturated heterocycles. The molecule has 0 aromatic heterocycles. The van der Waals surface area contributed by atoms with E-state index in [0.29, 0.717) is 12.6 Å². The quantitative estimate of drug-likeness (QED) is 0.772. The summed E-state index contributed by atoms with van der Waals surface area (Å²) in [5, 5.41) is 2.50. The van der Waals surface area contributed by atoms with Crippen LogP contribution in [0.15, 0.2) is 66.7 Å². The monoisotopic (exact) mass is 332 g/mol. The van der Waals surface area contributed by atoms with Crippen molar-refractivity contribution in [3.05, 3.63) is 72.3 Å². The Balaban J connectivity index is 1.69. The molecule has 4 rings (SSSR count). The molecule has 0 atom stereocenters. The van der Waals surface area contributed by atoms with Crippen molar-refractivity contribution in [2.24, 2.45) is 5.73 Å². The lowest BCUT2D eigenvalue weighted by Crippen LogP contribution is -2.39. The van der Waals surface area contributed by atoms with E-state index < -0.39 is 0 Å². The Morgan fingerprint density at radius 1 is 0.880 bits per heavy atom. The lowest BCUT2D eigenvalue weighted by Gasteiger charge is -2.34. The third kappa shape index (κ3) is 3.47. The van der Waals surface area contributed by atoms with Crippen LogP contribution < -0.4 is 15.4 Å². The normalized spacial score (nSPS) is 15.5. The van der Waals surface area contributed by atoms with E-state index in [1.54, 1.807) is 0 Å². The fraction of sp³-hybridized carbons (Fsp3) is 0.273. The first-order chi connectivity index (χ1) is 12.3. The maximum absolute atomic E-state index is 6.24. The molecule has 128 valence electrons. The highest BCUT2D eigenvalue weighted by Gasteiger charge is 2.21. The summed E-state index contributed by atoms with van der Waals surface area (Å²) < 4.78 is 6.24. The van der Waals surface area contributed by atoms with Gasteiger partial charge in [-0.3, -0.25) is 0 Å². The van der Waals surface area contributed by atoms with Crippen LogP contribution in [0.1, 0.15) is 18.4 Å². The van der Waals surface area contributed by atoms with E-state index in [1.165, 1.54) is 22.0 Å². The number of hydrogen-bond donors (Lipinski definition) is 1. The van der Waals surface area contributed by atoms with Crippen LogP contribution in [-0.2, 0) is 6.61 Å². The Morgan fingerprint density at radius 3 is 2.40 bits per heavy atom. The van der Waals surface area contributed by atoms with Crippen LogP contribution in [0.4, 0.5) is 5.69 Å². The number of benzene rings is 3. The van der Waals surface area contributed by atoms with Gasteiger partial charge in [0, 0.05) is 24.5 Å². The molecule has 25 heavy (non-hydrogen) atoms. The van der Waals surface area contributed by atoms with Crippen molar-refractivity contribution in [3.8, 4) is 5.75 Å². The fourth-order valence-corrected chi connectivity index (χ4v) is 3.54. The van der Waals surface area contributed by atoms with Crippen molar-refractivity contribution < 1.29 is 4.74 Å². The Bertz CT molecular complexity index is 839. The topological polar surface area (TPSA) is 38.5 Å². The summed E-state index contributed by atoms with van der Waals surface area (Å²) in [5.41, 5.74) is 8.49. The average molecular weight is 332 g/mol. The molecule has 0 saturated carbocycles. The number of nitrogens with two attached hydrogens (primary N) is 1. The molecule has 2 N–H and O–H groups in total. The summed E-state index contributed by atoms with van der Waals surface area (Å²) in [6, 6.07) is 23.4. The van der Waals surface area contributed by atoms with Crippen LogP contribution in [0.25, 0.3) is 10.8 Å². The highest BCUT2D eigenvalue weighted by atomic mass is 16.5. The SMILES string of the molecule is NC1CCN(c2c(OCc3ccccc3)ccc3ccccc23)CC1. The molecule has 1 heterocycles. The summed E-state index contributed by atoms with van der Waals surface area (Å²) in [5.74, 6) is 0.957. The van der Waals surface area contributed by atoms with Crippen LogP contribution in [0.5, 0.6) is 5.75 Å². The zero-order valence-electron chi connectivity index (χ0n) is 14.4. The number of rotatable bonds is 4. The third-order valence-corrected chi connectivity index (χ3v) is 4.96. The number of fused-ring (bicyclic) bond motifs is 1. The predicted octanol–water partition coefficient (Wildman–Crippen LogP) is 4.35. The van der Waals surface area contributed by atoms with Gasteiger partial charge in [0.2, 0.25) is 0 Å². The molecule has 0 spiro atoms. The molecule has 3 aromatic carbocycles. The van der Waals surface area contributed by atoms with E-state index in [9.17, 15) is 0 Å². The summed E-state index contributed by atoms with van der Waals surface area (Å²) in [7, 11) is 0. The standard InChI is InChI=1S/C22H24N2O/c23-19-12-14-24(15-13-19)22-20-9-5-4-8-18(20)10-11-21(22)25-16-17-6-2-1-3-7-17/h1-11,19H,12-16,23H2. The molecule has 0 bridgehead atoms. The third-order valence-electron chi connectivity index (χ3n) is 4.96. The van der Waals surface area contributed by atoms with Gasteiger partial charge in [-0.25, -0.2) is 0 Å². The van der Waals surface area contributed by atoms with E-state index in [0.717, 1.165) is 31.7 Å². The van der Waals surface area contributed by atoms with Crippen molar-refractivity contribution in [2.45, 2.75) is 25.5 Å². The minimum atomic E-state index is 0.319. The highest BCUT2D eigenvalue weighted by Crippen LogP contribution is 2.38. The molecule has 3 nitrogen and oxygen atoms in total. The minimum Gasteiger partial charge on any atom is -0.487 e. The maximum atomic E-state index is 6.24. The number of ether oxygens (including phenoxy) is 1. The molecule has 0 radical (unpaired) electrons. The van der Waals surface area contributed by atoms with Gasteiger partial charge in [-0.1, -0.05) is 60.7 Å². The first-order valence-corrected chi connectivity index (χ1v) is 9.00. The van der Waals surface area contributed by atoms with E-state index in [4.69, 9.17) is 10.5 Å². The number of anilines is 1. The Kier molecular flexibility index (Phi) is 4.57. The number of nitrogens with zero attached hydrogens (tertiary/aromatic N) is 1. The molecule has 1 aliphatic heterocycles. The summed E-state index contributed by atoms with van der Waals surface area (Å²) in [6.45, 7) is 2.55. The second kappa shape index (κ2) is 7.16. The lowest BCUT2D eigenvalue weighted by atomic mass is 10.0. The second-order valence-electron chi connectivity index (χ2n) is 6.73. The summed E-state index contributed by atoms with van der Waals surface area (Å²) in [4.78, 5) is 2.44. The van der Waals surface area contributed by atoms with Gasteiger partial charge in [0.15, 0.2) is 0 Å². The van der Waals surface area contributed by atoms with Gasteiger partial charge >= 0.3 is 0 Å². The summed E-state index contributed by atoms with van der Waals surface area (Å²) in [6.07, 6.45) is 2.06. The van der Waals surface area contributed by atoms with E-state index in [1.807, 2.05) is 18.2 Å². The molecular weight excluding hydrogens is 308 g/mol. The van der Waals surface area contributed by atoms with E-state index in [-0.39, 0.29) is 0 Å². The van der Waals surface area contributed by atoms with Gasteiger partial charge < -0.3 is 15.4 Å². The zero-order valence-corrected chi connectivity index (χ0v) is 14.4. The van der Waals surface area contributed by atoms with Gasteiger partial charge in [0.05, 0.1) is 5.69 Å². The largest absolute Gasteiger partial charge is 0.487 e. The predicted molar refractivity (Wildman–Crippen MR) is 104 cm³/mol. The fourth-order valence-electron chi connectivity index (χ4n) is 3.54. The molecule has 0 unspecified atom stereocenters. The van der Waals surface area contributed by atoms with Crippen LogP contribution in [0.3, 0.4) is 0 Å². The summed E-state index contributed by atoms with van der Waals surface area (Å²) >= 11 is 0. The highest BCUT2D eigenvalue weighted by molar-refractivity contribution is 5.97. The van der Waals surface area contributed by atoms with Gasteiger partial charge in [-0.2, -0.15) is 0 Å². The number of piperidine rings is 1. The Hall–Kier alpha value is -2.52.